The van der Waals surface area contributed by atoms with E-state index in [1.807, 2.05) is 24.3 Å². The van der Waals surface area contributed by atoms with Crippen LogP contribution >= 0.6 is 0 Å². The maximum Gasteiger partial charge on any atom is 2.00 e. The summed E-state index contributed by atoms with van der Waals surface area (Å²) in [6.07, 6.45) is 19.5. The van der Waals surface area contributed by atoms with Crippen molar-refractivity contribution in [1.29, 1.82) is 0 Å². The molecule has 0 bridgehead atoms. The van der Waals surface area contributed by atoms with Crippen LogP contribution in [0.1, 0.15) is 38.5 Å². The Bertz CT molecular complexity index is 789. The first-order valence-corrected chi connectivity index (χ1v) is 11.1. The van der Waals surface area contributed by atoms with Gasteiger partial charge < -0.3 is 31.5 Å². The number of hydrogen-bond acceptors (Lipinski definition) is 6. The normalized spacial score (nSPS) is 23.4. The van der Waals surface area contributed by atoms with Crippen LogP contribution in [-0.2, 0) is 26.7 Å². The molecule has 4 rings (SSSR count). The van der Waals surface area contributed by atoms with Crippen LogP contribution in [-0.4, -0.2) is 37.0 Å². The minimum Gasteiger partial charge on any atom is -0.860 e. The van der Waals surface area contributed by atoms with Crippen LogP contribution in [0.5, 0.6) is 0 Å². The number of hydrogen-bond donors (Lipinski definition) is 4. The Morgan fingerprint density at radius 3 is 1.42 bits per heavy atom. The Kier molecular flexibility index (Phi) is 10.9. The van der Waals surface area contributed by atoms with Gasteiger partial charge in [0, 0.05) is 13.1 Å². The number of rotatable bonds is 4. The van der Waals surface area contributed by atoms with E-state index in [0.717, 1.165) is 38.5 Å². The van der Waals surface area contributed by atoms with Crippen LogP contribution in [0.3, 0.4) is 0 Å². The Hall–Kier alpha value is -2.90. The zero-order valence-electron chi connectivity index (χ0n) is 18.4. The predicted octanol–water partition coefficient (Wildman–Crippen LogP) is -0.117. The van der Waals surface area contributed by atoms with E-state index in [9.17, 15) is 19.8 Å². The van der Waals surface area contributed by atoms with Crippen LogP contribution in [0.4, 0.5) is 0 Å². The van der Waals surface area contributed by atoms with Gasteiger partial charge in [0.15, 0.2) is 0 Å². The second-order valence-corrected chi connectivity index (χ2v) is 7.97. The zero-order chi connectivity index (χ0) is 22.8. The van der Waals surface area contributed by atoms with E-state index in [1.165, 1.54) is 0 Å². The average Bonchev–Trinajstić information content (AvgIpc) is 3.45. The molecule has 2 unspecified atom stereocenters. The van der Waals surface area contributed by atoms with Crippen LogP contribution in [0.15, 0.2) is 71.5 Å². The second kappa shape index (κ2) is 13.6. The molecule has 2 aliphatic carbocycles. The summed E-state index contributed by atoms with van der Waals surface area (Å²) in [5.74, 6) is -0.492. The van der Waals surface area contributed by atoms with E-state index < -0.39 is 0 Å². The van der Waals surface area contributed by atoms with Gasteiger partial charge >= 0.3 is 17.1 Å². The number of nitrogens with one attached hydrogen (secondary N) is 4. The van der Waals surface area contributed by atoms with Crippen molar-refractivity contribution >= 4 is 11.8 Å². The second-order valence-electron chi connectivity index (χ2n) is 7.97. The Balaban J connectivity index is 0.000000227. The molecule has 2 aliphatic heterocycles. The molecule has 0 aromatic carbocycles. The van der Waals surface area contributed by atoms with Crippen LogP contribution in [0.2, 0.25) is 0 Å². The summed E-state index contributed by atoms with van der Waals surface area (Å²) in [6, 6.07) is -0.769. The fourth-order valence-corrected chi connectivity index (χ4v) is 3.69. The summed E-state index contributed by atoms with van der Waals surface area (Å²) in [6.45, 7) is 1.42. The van der Waals surface area contributed by atoms with Crippen molar-refractivity contribution in [2.45, 2.75) is 50.6 Å². The van der Waals surface area contributed by atoms with Crippen molar-refractivity contribution in [2.75, 3.05) is 13.1 Å². The van der Waals surface area contributed by atoms with E-state index in [2.05, 4.69) is 21.3 Å². The van der Waals surface area contributed by atoms with Gasteiger partial charge in [-0.05, 0) is 61.4 Å². The zero-order valence-corrected chi connectivity index (χ0v) is 19.5. The summed E-state index contributed by atoms with van der Waals surface area (Å²) in [5, 5.41) is 34.6. The largest absolute Gasteiger partial charge is 2.00 e. The summed E-state index contributed by atoms with van der Waals surface area (Å²) >= 11 is 0. The van der Waals surface area contributed by atoms with Gasteiger partial charge in [-0.15, -0.1) is 0 Å². The Labute approximate surface area is 205 Å². The van der Waals surface area contributed by atoms with E-state index in [-0.39, 0.29) is 52.7 Å². The molecule has 2 amide bonds. The van der Waals surface area contributed by atoms with Gasteiger partial charge in [-0.3, -0.25) is 9.59 Å². The van der Waals surface area contributed by atoms with Crippen LogP contribution in [0, 0.1) is 0 Å². The third-order valence-corrected chi connectivity index (χ3v) is 5.53. The standard InChI is InChI=1S/2C12H16N2O2.Fe/c2*15-11(9-5-1-2-6-9)14-10-7-3-4-8-13-12(10)16;/h2*1-2,5-6,10,14-15H,3-4,7-8H2,(H,13,16);/q;;+2/p-2. The number of amides is 2. The minimum atomic E-state index is -0.384. The molecule has 2 saturated heterocycles. The maximum absolute atomic E-state index is 11.7. The molecule has 0 radical (unpaired) electrons. The molecular formula is C24H30FeN4O4. The minimum absolute atomic E-state index is 0. The van der Waals surface area contributed by atoms with Crippen LogP contribution in [0.25, 0.3) is 0 Å². The molecule has 9 heteroatoms. The van der Waals surface area contributed by atoms with Gasteiger partial charge in [0.2, 0.25) is 11.8 Å². The SMILES string of the molecule is O=C1NCCCCC1NC([O-])=C1C=CC=C1.O=C1NCCCCC1NC([O-])=C1C=CC=C1.[Fe+2]. The van der Waals surface area contributed by atoms with E-state index in [4.69, 9.17) is 0 Å². The summed E-state index contributed by atoms with van der Waals surface area (Å²) < 4.78 is 0. The van der Waals surface area contributed by atoms with E-state index >= 15 is 0 Å². The Morgan fingerprint density at radius 1 is 0.697 bits per heavy atom. The summed E-state index contributed by atoms with van der Waals surface area (Å²) in [4.78, 5) is 23.2. The molecule has 8 nitrogen and oxygen atoms in total. The molecule has 4 N–H and O–H groups in total. The summed E-state index contributed by atoms with van der Waals surface area (Å²) in [7, 11) is 0. The third-order valence-electron chi connectivity index (χ3n) is 5.53. The van der Waals surface area contributed by atoms with Crippen molar-refractivity contribution in [2.24, 2.45) is 0 Å². The number of carbonyl (C=O) groups is 2. The maximum atomic E-state index is 11.7. The monoisotopic (exact) mass is 494 g/mol. The van der Waals surface area contributed by atoms with E-state index in [0.29, 0.717) is 24.2 Å². The van der Waals surface area contributed by atoms with Gasteiger partial charge in [-0.25, -0.2) is 0 Å². The molecule has 4 aliphatic rings. The third kappa shape index (κ3) is 8.18. The first kappa shape index (κ1) is 26.4. The molecule has 2 atom stereocenters. The average molecular weight is 494 g/mol. The van der Waals surface area contributed by atoms with Gasteiger partial charge in [0.05, 0.1) is 0 Å². The van der Waals surface area contributed by atoms with Gasteiger partial charge in [0.1, 0.15) is 12.1 Å². The first-order valence-electron chi connectivity index (χ1n) is 11.1. The number of allylic oxidation sites excluding steroid dienone is 10. The molecule has 178 valence electrons. The van der Waals surface area contributed by atoms with E-state index in [1.54, 1.807) is 24.3 Å². The Morgan fingerprint density at radius 2 is 1.06 bits per heavy atom. The van der Waals surface area contributed by atoms with Crippen molar-refractivity contribution in [3.63, 3.8) is 0 Å². The fraction of sp³-hybridized carbons (Fsp3) is 0.417. The number of carbonyl (C=O) groups excluding carboxylic acids is 2. The molecular weight excluding hydrogens is 464 g/mol. The van der Waals surface area contributed by atoms with Crippen molar-refractivity contribution in [1.82, 2.24) is 21.3 Å². The molecule has 2 fully saturated rings. The topological polar surface area (TPSA) is 128 Å². The predicted molar refractivity (Wildman–Crippen MR) is 118 cm³/mol. The van der Waals surface area contributed by atoms with Crippen molar-refractivity contribution < 1.29 is 36.9 Å². The molecule has 0 aromatic heterocycles. The molecule has 0 saturated carbocycles. The molecule has 2 heterocycles. The molecule has 0 spiro atoms. The fourth-order valence-electron chi connectivity index (χ4n) is 3.69. The van der Waals surface area contributed by atoms with Gasteiger partial charge in [0.25, 0.3) is 0 Å². The van der Waals surface area contributed by atoms with Crippen molar-refractivity contribution in [3.8, 4) is 0 Å². The van der Waals surface area contributed by atoms with Crippen molar-refractivity contribution in [3.05, 3.63) is 71.5 Å². The van der Waals surface area contributed by atoms with Crippen LogP contribution < -0.4 is 31.5 Å². The van der Waals surface area contributed by atoms with Gasteiger partial charge in [-0.1, -0.05) is 48.6 Å². The van der Waals surface area contributed by atoms with Gasteiger partial charge in [-0.2, -0.15) is 0 Å². The molecule has 0 aromatic rings. The summed E-state index contributed by atoms with van der Waals surface area (Å²) in [5.41, 5.74) is 1.22. The smallest absolute Gasteiger partial charge is 0.860 e. The first-order chi connectivity index (χ1) is 15.5. The molecule has 33 heavy (non-hydrogen) atoms. The quantitative estimate of drug-likeness (QED) is 0.319.